The van der Waals surface area contributed by atoms with Gasteiger partial charge in [-0.1, -0.05) is 43.6 Å². The molecule has 0 saturated carbocycles. The Balaban J connectivity index is 1.73. The molecular weight excluding hydrogens is 430 g/mol. The van der Waals surface area contributed by atoms with E-state index in [2.05, 4.69) is 34.3 Å². The highest BCUT2D eigenvalue weighted by atomic mass is 35.5. The Morgan fingerprint density at radius 3 is 2.66 bits per heavy atom. The number of pyridine rings is 1. The quantitative estimate of drug-likeness (QED) is 0.357. The van der Waals surface area contributed by atoms with E-state index in [1.807, 2.05) is 24.3 Å². The summed E-state index contributed by atoms with van der Waals surface area (Å²) in [6.45, 7) is 4.77. The van der Waals surface area contributed by atoms with E-state index < -0.39 is 5.69 Å². The monoisotopic (exact) mass is 453 g/mol. The van der Waals surface area contributed by atoms with Gasteiger partial charge in [0.2, 0.25) is 5.95 Å². The lowest BCUT2D eigenvalue weighted by Gasteiger charge is -2.10. The predicted octanol–water partition coefficient (Wildman–Crippen LogP) is 3.13. The highest BCUT2D eigenvalue weighted by Crippen LogP contribution is 2.21. The molecule has 0 aliphatic carbocycles. The van der Waals surface area contributed by atoms with E-state index in [0.717, 1.165) is 16.4 Å². The van der Waals surface area contributed by atoms with Crippen molar-refractivity contribution in [2.75, 3.05) is 5.43 Å². The number of aryl methyl sites for hydroxylation is 2. The smallest absolute Gasteiger partial charge is 0.303 e. The molecule has 9 nitrogen and oxygen atoms in total. The zero-order valence-electron chi connectivity index (χ0n) is 18.3. The Morgan fingerprint density at radius 2 is 1.91 bits per heavy atom. The van der Waals surface area contributed by atoms with Crippen molar-refractivity contribution in [2.24, 2.45) is 25.1 Å². The number of fused-ring (bicyclic) bond motifs is 2. The normalized spacial score (nSPS) is 11.9. The molecule has 10 heteroatoms. The topological polar surface area (TPSA) is 99.1 Å². The highest BCUT2D eigenvalue weighted by molar-refractivity contribution is 6.35. The molecule has 166 valence electrons. The number of anilines is 1. The third-order valence-corrected chi connectivity index (χ3v) is 5.64. The first-order chi connectivity index (χ1) is 15.3. The van der Waals surface area contributed by atoms with Crippen LogP contribution in [0.2, 0.25) is 5.02 Å². The van der Waals surface area contributed by atoms with Crippen LogP contribution in [0.5, 0.6) is 0 Å². The van der Waals surface area contributed by atoms with Crippen LogP contribution in [0.1, 0.15) is 26.0 Å². The second-order valence-corrected chi connectivity index (χ2v) is 8.47. The molecule has 0 spiro atoms. The maximum Gasteiger partial charge on any atom is 0.332 e. The summed E-state index contributed by atoms with van der Waals surface area (Å²) >= 11 is 6.24. The fourth-order valence-electron chi connectivity index (χ4n) is 3.49. The van der Waals surface area contributed by atoms with Crippen LogP contribution in [0.3, 0.4) is 0 Å². The molecule has 4 rings (SSSR count). The van der Waals surface area contributed by atoms with Gasteiger partial charge in [-0.2, -0.15) is 10.1 Å². The van der Waals surface area contributed by atoms with Gasteiger partial charge >= 0.3 is 5.69 Å². The van der Waals surface area contributed by atoms with Crippen LogP contribution in [-0.2, 0) is 20.6 Å². The molecule has 32 heavy (non-hydrogen) atoms. The number of halogens is 1. The first kappa shape index (κ1) is 21.8. The lowest BCUT2D eigenvalue weighted by Crippen LogP contribution is -2.37. The summed E-state index contributed by atoms with van der Waals surface area (Å²) in [5, 5.41) is 5.78. The summed E-state index contributed by atoms with van der Waals surface area (Å²) in [7, 11) is 3.06. The van der Waals surface area contributed by atoms with Gasteiger partial charge in [0.1, 0.15) is 0 Å². The van der Waals surface area contributed by atoms with Crippen LogP contribution in [-0.4, -0.2) is 29.9 Å². The van der Waals surface area contributed by atoms with Gasteiger partial charge in [-0.3, -0.25) is 13.9 Å². The minimum atomic E-state index is -0.427. The summed E-state index contributed by atoms with van der Waals surface area (Å²) < 4.78 is 4.23. The van der Waals surface area contributed by atoms with E-state index in [1.165, 1.54) is 11.6 Å². The number of hydrogen-bond donors (Lipinski definition) is 1. The Kier molecular flexibility index (Phi) is 5.84. The highest BCUT2D eigenvalue weighted by Gasteiger charge is 2.19. The van der Waals surface area contributed by atoms with Crippen LogP contribution in [0.15, 0.2) is 45.0 Å². The van der Waals surface area contributed by atoms with Crippen molar-refractivity contribution in [1.29, 1.82) is 0 Å². The number of imidazole rings is 1. The van der Waals surface area contributed by atoms with Gasteiger partial charge in [0.15, 0.2) is 11.2 Å². The number of nitrogens with one attached hydrogen (secondary N) is 1. The lowest BCUT2D eigenvalue weighted by atomic mass is 10.1. The molecule has 4 aromatic rings. The van der Waals surface area contributed by atoms with Gasteiger partial charge < -0.3 is 4.57 Å². The van der Waals surface area contributed by atoms with Crippen LogP contribution in [0, 0.1) is 5.92 Å². The molecule has 0 amide bonds. The van der Waals surface area contributed by atoms with Crippen LogP contribution in [0.4, 0.5) is 5.95 Å². The zero-order valence-corrected chi connectivity index (χ0v) is 19.1. The van der Waals surface area contributed by atoms with Crippen molar-refractivity contribution in [3.8, 4) is 0 Å². The van der Waals surface area contributed by atoms with Gasteiger partial charge in [0.25, 0.3) is 5.56 Å². The predicted molar refractivity (Wildman–Crippen MR) is 128 cm³/mol. The number of para-hydroxylation sites is 1. The van der Waals surface area contributed by atoms with Gasteiger partial charge in [-0.15, -0.1) is 0 Å². The van der Waals surface area contributed by atoms with E-state index in [4.69, 9.17) is 11.6 Å². The van der Waals surface area contributed by atoms with E-state index in [0.29, 0.717) is 45.8 Å². The minimum Gasteiger partial charge on any atom is -0.303 e. The number of hydrazone groups is 1. The molecular formula is C22H24ClN7O2. The van der Waals surface area contributed by atoms with Crippen molar-refractivity contribution in [2.45, 2.75) is 26.8 Å². The maximum atomic E-state index is 12.8. The van der Waals surface area contributed by atoms with Crippen LogP contribution in [0.25, 0.3) is 22.1 Å². The Labute approximate surface area is 189 Å². The van der Waals surface area contributed by atoms with E-state index in [-0.39, 0.29) is 5.56 Å². The Hall–Kier alpha value is -3.46. The van der Waals surface area contributed by atoms with E-state index in [1.54, 1.807) is 23.9 Å². The Bertz CT molecular complexity index is 1460. The summed E-state index contributed by atoms with van der Waals surface area (Å²) in [5.41, 5.74) is 4.09. The molecule has 3 aromatic heterocycles. The second kappa shape index (κ2) is 8.58. The third-order valence-electron chi connectivity index (χ3n) is 5.33. The standard InChI is InChI=1S/C22H24ClN7O2/c1-13(2)10-11-30-18-19(28(3)22(32)29(4)20(18)31)26-21(30)27-24-12-15-9-8-14-6-5-7-16(23)17(14)25-15/h5-9,12-13H,10-11H2,1-4H3,(H,26,27). The molecule has 1 N–H and O–H groups in total. The molecule has 0 saturated heterocycles. The molecule has 0 aliphatic heterocycles. The molecule has 0 bridgehead atoms. The average molecular weight is 454 g/mol. The fourth-order valence-corrected chi connectivity index (χ4v) is 3.71. The maximum absolute atomic E-state index is 12.8. The SMILES string of the molecule is CC(C)CCn1c(NN=Cc2ccc3cccc(Cl)c3n2)nc2c1c(=O)n(C)c(=O)n2C. The fraction of sp³-hybridized carbons (Fsp3) is 0.318. The molecule has 1 aromatic carbocycles. The van der Waals surface area contributed by atoms with Crippen molar-refractivity contribution in [3.63, 3.8) is 0 Å². The lowest BCUT2D eigenvalue weighted by molar-refractivity contribution is 0.524. The van der Waals surface area contributed by atoms with E-state index >= 15 is 0 Å². The van der Waals surface area contributed by atoms with Crippen molar-refractivity contribution < 1.29 is 0 Å². The summed E-state index contributed by atoms with van der Waals surface area (Å²) in [4.78, 5) is 34.2. The van der Waals surface area contributed by atoms with Crippen molar-refractivity contribution in [1.82, 2.24) is 23.7 Å². The zero-order chi connectivity index (χ0) is 23.0. The number of aromatic nitrogens is 5. The molecule has 0 atom stereocenters. The molecule has 0 aliphatic rings. The van der Waals surface area contributed by atoms with E-state index in [9.17, 15) is 9.59 Å². The number of nitrogens with zero attached hydrogens (tertiary/aromatic N) is 6. The second-order valence-electron chi connectivity index (χ2n) is 8.07. The van der Waals surface area contributed by atoms with Gasteiger partial charge in [0.05, 0.1) is 22.4 Å². The van der Waals surface area contributed by atoms with Gasteiger partial charge in [0, 0.05) is 26.0 Å². The number of rotatable bonds is 6. The van der Waals surface area contributed by atoms with Gasteiger partial charge in [-0.05, 0) is 24.5 Å². The molecule has 3 heterocycles. The van der Waals surface area contributed by atoms with Crippen LogP contribution < -0.4 is 16.7 Å². The summed E-state index contributed by atoms with van der Waals surface area (Å²) in [6, 6.07) is 9.37. The molecule has 0 fully saturated rings. The average Bonchev–Trinajstić information content (AvgIpc) is 3.14. The third kappa shape index (κ3) is 3.91. The number of benzene rings is 1. The summed E-state index contributed by atoms with van der Waals surface area (Å²) in [5.74, 6) is 0.806. The van der Waals surface area contributed by atoms with Crippen molar-refractivity contribution in [3.05, 3.63) is 61.9 Å². The number of hydrogen-bond acceptors (Lipinski definition) is 6. The first-order valence-electron chi connectivity index (χ1n) is 10.3. The van der Waals surface area contributed by atoms with Gasteiger partial charge in [-0.25, -0.2) is 15.2 Å². The van der Waals surface area contributed by atoms with Crippen molar-refractivity contribution >= 4 is 45.8 Å². The minimum absolute atomic E-state index is 0.315. The first-order valence-corrected chi connectivity index (χ1v) is 10.7. The molecule has 0 unspecified atom stereocenters. The van der Waals surface area contributed by atoms with Crippen LogP contribution >= 0.6 is 11.6 Å². The summed E-state index contributed by atoms with van der Waals surface area (Å²) in [6.07, 6.45) is 2.40. The largest absolute Gasteiger partial charge is 0.332 e. The molecule has 0 radical (unpaired) electrons. The Morgan fingerprint density at radius 1 is 1.12 bits per heavy atom.